The van der Waals surface area contributed by atoms with Crippen molar-refractivity contribution in [3.63, 3.8) is 0 Å². The van der Waals surface area contributed by atoms with Gasteiger partial charge in [-0.1, -0.05) is 0 Å². The maximum atomic E-state index is 5.55. The Morgan fingerprint density at radius 2 is 0.973 bits per heavy atom. The molecule has 11 nitrogen and oxygen atoms in total. The standard InChI is InChI=1S/C7H9Cl2N3O.C7H11N3OS2.C3Cl3N3.Na.H2S.H/c1-7(2,3)13-6-11-4(8)10-5(9)12-6;1-7(2,3)11-4-8-5(12)10-6(13)9-4;4-1-7-2(5)9-3(6)8-1;;;/h1-3H3;1-3H3,(H2,8,9,10,12,13);;;1H2;/q;;;+1;;-1. The number of hydrogen-bond acceptors (Lipinski definition) is 11. The van der Waals surface area contributed by atoms with Crippen molar-refractivity contribution in [3.05, 3.63) is 36.0 Å². The molecule has 20 heteroatoms. The predicted molar refractivity (Wildman–Crippen MR) is 152 cm³/mol. The van der Waals surface area contributed by atoms with Crippen molar-refractivity contribution in [2.45, 2.75) is 52.7 Å². The Labute approximate surface area is 279 Å². The zero-order valence-electron chi connectivity index (χ0n) is 21.7. The summed E-state index contributed by atoms with van der Waals surface area (Å²) in [7, 11) is 0. The SMILES string of the molecule is CC(C)(C)Oc1nc(=S)[nH]c(=S)[nH]1.CC(C)(C)Oc1nc(Cl)nc(Cl)n1.Clc1nc(Cl)nc(Cl)n1.S.[H-].[Na+]. The van der Waals surface area contributed by atoms with Gasteiger partial charge in [0.25, 0.3) is 6.01 Å². The number of nitrogens with zero attached hydrogens (tertiary/aromatic N) is 7. The number of ether oxygens (including phenoxy) is 2. The fourth-order valence-corrected chi connectivity index (χ4v) is 3.04. The van der Waals surface area contributed by atoms with E-state index in [0.717, 1.165) is 0 Å². The van der Waals surface area contributed by atoms with Gasteiger partial charge in [-0.3, -0.25) is 4.98 Å². The Balaban J connectivity index is -0.000000473. The molecule has 0 unspecified atom stereocenters. The molecule has 0 saturated heterocycles. The molecule has 3 aromatic rings. The molecule has 0 aliphatic heterocycles. The van der Waals surface area contributed by atoms with Gasteiger partial charge in [-0.25, -0.2) is 0 Å². The number of aromatic amines is 2. The maximum absolute atomic E-state index is 5.55. The van der Waals surface area contributed by atoms with Crippen LogP contribution in [0.25, 0.3) is 0 Å². The van der Waals surface area contributed by atoms with Gasteiger partial charge in [0, 0.05) is 0 Å². The summed E-state index contributed by atoms with van der Waals surface area (Å²) in [5.41, 5.74) is -0.692. The molecule has 0 bridgehead atoms. The first-order chi connectivity index (χ1) is 15.9. The molecule has 0 aliphatic carbocycles. The van der Waals surface area contributed by atoms with E-state index in [9.17, 15) is 0 Å². The van der Waals surface area contributed by atoms with Gasteiger partial charge in [0.15, 0.2) is 4.77 Å². The van der Waals surface area contributed by atoms with Crippen molar-refractivity contribution in [2.24, 2.45) is 0 Å². The quantitative estimate of drug-likeness (QED) is 0.302. The first-order valence-corrected chi connectivity index (χ1v) is 12.0. The number of nitrogens with one attached hydrogen (secondary N) is 2. The molecular formula is C17H23Cl5N9NaO2S3. The van der Waals surface area contributed by atoms with Crippen LogP contribution in [0.5, 0.6) is 12.0 Å². The number of hydrogen-bond donors (Lipinski definition) is 2. The van der Waals surface area contributed by atoms with Crippen LogP contribution in [-0.2, 0) is 0 Å². The third kappa shape index (κ3) is 19.6. The molecule has 3 rings (SSSR count). The number of rotatable bonds is 2. The van der Waals surface area contributed by atoms with Gasteiger partial charge in [0.1, 0.15) is 11.2 Å². The Hall–Kier alpha value is -0.130. The molecule has 0 atom stereocenters. The minimum Gasteiger partial charge on any atom is -1.00 e. The summed E-state index contributed by atoms with van der Waals surface area (Å²) in [5, 5.41) is 0.0542. The third-order valence-electron chi connectivity index (χ3n) is 2.56. The fourth-order valence-electron chi connectivity index (χ4n) is 1.64. The second kappa shape index (κ2) is 17.5. The predicted octanol–water partition coefficient (Wildman–Crippen LogP) is 3.79. The monoisotopic (exact) mass is 679 g/mol. The van der Waals surface area contributed by atoms with Crippen LogP contribution in [0.3, 0.4) is 0 Å². The van der Waals surface area contributed by atoms with Crippen LogP contribution >= 0.6 is 95.9 Å². The molecule has 0 fully saturated rings. The van der Waals surface area contributed by atoms with Crippen LogP contribution in [0.2, 0.25) is 26.4 Å². The summed E-state index contributed by atoms with van der Waals surface area (Å²) in [6.07, 6.45) is 0. The van der Waals surface area contributed by atoms with Crippen LogP contribution in [0, 0.1) is 9.54 Å². The van der Waals surface area contributed by atoms with Crippen LogP contribution in [0.1, 0.15) is 43.0 Å². The van der Waals surface area contributed by atoms with E-state index in [1.165, 1.54) is 0 Å². The van der Waals surface area contributed by atoms with Crippen molar-refractivity contribution >= 4 is 95.9 Å². The van der Waals surface area contributed by atoms with Gasteiger partial charge in [-0.2, -0.15) is 48.4 Å². The molecule has 3 heterocycles. The van der Waals surface area contributed by atoms with Gasteiger partial charge < -0.3 is 15.9 Å². The van der Waals surface area contributed by atoms with Crippen LogP contribution < -0.4 is 39.0 Å². The number of aromatic nitrogens is 9. The van der Waals surface area contributed by atoms with E-state index >= 15 is 0 Å². The van der Waals surface area contributed by atoms with E-state index in [2.05, 4.69) is 44.9 Å². The zero-order chi connectivity index (χ0) is 27.0. The summed E-state index contributed by atoms with van der Waals surface area (Å²) in [6.45, 7) is 11.4. The molecule has 37 heavy (non-hydrogen) atoms. The molecule has 0 aliphatic rings. The smallest absolute Gasteiger partial charge is 1.00 e. The second-order valence-corrected chi connectivity index (χ2v) is 10.5. The van der Waals surface area contributed by atoms with Gasteiger partial charge in [-0.05, 0) is 124 Å². The van der Waals surface area contributed by atoms with Crippen molar-refractivity contribution in [2.75, 3.05) is 0 Å². The molecule has 0 amide bonds. The van der Waals surface area contributed by atoms with Gasteiger partial charge in [-0.15, -0.1) is 0 Å². The first-order valence-electron chi connectivity index (χ1n) is 9.30. The average molecular weight is 682 g/mol. The van der Waals surface area contributed by atoms with Crippen LogP contribution in [0.15, 0.2) is 0 Å². The second-order valence-electron chi connectivity index (χ2n) is 8.03. The van der Waals surface area contributed by atoms with E-state index in [-0.39, 0.29) is 88.1 Å². The molecule has 0 aromatic carbocycles. The first kappa shape index (κ1) is 39.0. The average Bonchev–Trinajstić information content (AvgIpc) is 2.56. The molecule has 0 radical (unpaired) electrons. The maximum Gasteiger partial charge on any atom is 1.00 e. The van der Waals surface area contributed by atoms with Gasteiger partial charge in [0.05, 0.1) is 0 Å². The summed E-state index contributed by atoms with van der Waals surface area (Å²) in [5.74, 6) is 0. The van der Waals surface area contributed by atoms with Gasteiger partial charge in [0.2, 0.25) is 31.2 Å². The molecule has 0 saturated carbocycles. The zero-order valence-corrected chi connectivity index (χ0v) is 29.1. The van der Waals surface area contributed by atoms with Gasteiger partial charge >= 0.3 is 35.6 Å². The minimum absolute atomic E-state index is 0. The van der Waals surface area contributed by atoms with E-state index in [1.54, 1.807) is 0 Å². The number of halogens is 5. The minimum atomic E-state index is -0.381. The molecular weight excluding hydrogens is 659 g/mol. The van der Waals surface area contributed by atoms with Crippen molar-refractivity contribution in [1.82, 2.24) is 44.9 Å². The Kier molecular flexibility index (Phi) is 18.5. The largest absolute Gasteiger partial charge is 1.00 e. The molecule has 202 valence electrons. The molecule has 2 N–H and O–H groups in total. The Morgan fingerprint density at radius 3 is 1.30 bits per heavy atom. The van der Waals surface area contributed by atoms with Crippen molar-refractivity contribution < 1.29 is 40.5 Å². The number of H-pyrrole nitrogens is 2. The van der Waals surface area contributed by atoms with Crippen LogP contribution in [0.4, 0.5) is 0 Å². The van der Waals surface area contributed by atoms with E-state index in [1.807, 2.05) is 41.5 Å². The summed E-state index contributed by atoms with van der Waals surface area (Å²) >= 11 is 36.8. The summed E-state index contributed by atoms with van der Waals surface area (Å²) in [6, 6.07) is 0.485. The topological polar surface area (TPSA) is 140 Å². The Morgan fingerprint density at radius 1 is 0.622 bits per heavy atom. The third-order valence-corrected chi connectivity index (χ3v) is 3.80. The fraction of sp³-hybridized carbons (Fsp3) is 0.471. The Bertz CT molecular complexity index is 1160. The molecule has 3 aromatic heterocycles. The summed E-state index contributed by atoms with van der Waals surface area (Å²) < 4.78 is 11.5. The van der Waals surface area contributed by atoms with E-state index in [4.69, 9.17) is 91.9 Å². The van der Waals surface area contributed by atoms with Crippen molar-refractivity contribution in [1.29, 1.82) is 0 Å². The molecule has 0 spiro atoms. The van der Waals surface area contributed by atoms with E-state index < -0.39 is 0 Å². The van der Waals surface area contributed by atoms with E-state index in [0.29, 0.717) is 15.6 Å². The van der Waals surface area contributed by atoms with Crippen LogP contribution in [-0.4, -0.2) is 56.1 Å². The normalized spacial score (nSPS) is 10.4. The van der Waals surface area contributed by atoms with Crippen molar-refractivity contribution in [3.8, 4) is 12.0 Å². The summed E-state index contributed by atoms with van der Waals surface area (Å²) in [4.78, 5) is 30.9.